The summed E-state index contributed by atoms with van der Waals surface area (Å²) in [5, 5.41) is 2.22. The number of benzene rings is 1. The Morgan fingerprint density at radius 3 is 2.83 bits per heavy atom. The summed E-state index contributed by atoms with van der Waals surface area (Å²) in [6.07, 6.45) is 1.76. The number of rotatable bonds is 4. The van der Waals surface area contributed by atoms with Crippen molar-refractivity contribution in [3.63, 3.8) is 0 Å². The van der Waals surface area contributed by atoms with Crippen LogP contribution in [0.3, 0.4) is 0 Å². The van der Waals surface area contributed by atoms with Crippen molar-refractivity contribution in [2.45, 2.75) is 6.54 Å². The van der Waals surface area contributed by atoms with Crippen LogP contribution in [0.4, 0.5) is 0 Å². The van der Waals surface area contributed by atoms with Crippen LogP contribution in [0, 0.1) is 0 Å². The van der Waals surface area contributed by atoms with Crippen molar-refractivity contribution >= 4 is 34.1 Å². The summed E-state index contributed by atoms with van der Waals surface area (Å²) in [4.78, 5) is 14.3. The first-order chi connectivity index (χ1) is 11.8. The molecule has 4 aromatic rings. The van der Waals surface area contributed by atoms with Crippen molar-refractivity contribution < 1.29 is 4.74 Å². The fourth-order valence-corrected chi connectivity index (χ4v) is 3.52. The van der Waals surface area contributed by atoms with Gasteiger partial charge in [0.15, 0.2) is 5.65 Å². The van der Waals surface area contributed by atoms with E-state index in [1.54, 1.807) is 24.8 Å². The molecule has 0 radical (unpaired) electrons. The van der Waals surface area contributed by atoms with Crippen LogP contribution in [0.1, 0.15) is 5.56 Å². The third-order valence-electron chi connectivity index (χ3n) is 3.72. The van der Waals surface area contributed by atoms with Crippen LogP contribution in [-0.4, -0.2) is 26.6 Å². The fourth-order valence-electron chi connectivity index (χ4n) is 2.64. The molecule has 120 valence electrons. The van der Waals surface area contributed by atoms with E-state index in [1.165, 1.54) is 0 Å². The van der Waals surface area contributed by atoms with Gasteiger partial charge in [0.05, 0.1) is 24.9 Å². The average molecular weight is 357 g/mol. The van der Waals surface area contributed by atoms with Crippen molar-refractivity contribution in [3.05, 3.63) is 59.0 Å². The first-order valence-corrected chi connectivity index (χ1v) is 8.56. The molecule has 5 nitrogen and oxygen atoms in total. The predicted octanol–water partition coefficient (Wildman–Crippen LogP) is 4.27. The van der Waals surface area contributed by atoms with Gasteiger partial charge in [0.25, 0.3) is 0 Å². The topological polar surface area (TPSA) is 52.8 Å². The second kappa shape index (κ2) is 6.22. The van der Waals surface area contributed by atoms with Crippen molar-refractivity contribution in [1.82, 2.24) is 19.5 Å². The van der Waals surface area contributed by atoms with E-state index < -0.39 is 0 Å². The summed E-state index contributed by atoms with van der Waals surface area (Å²) in [5.41, 5.74) is 3.27. The third kappa shape index (κ3) is 2.64. The Hall–Kier alpha value is -2.44. The quantitative estimate of drug-likeness (QED) is 0.512. The van der Waals surface area contributed by atoms with Crippen LogP contribution in [0.2, 0.25) is 5.28 Å². The van der Waals surface area contributed by atoms with Crippen molar-refractivity contribution in [1.29, 1.82) is 0 Å². The van der Waals surface area contributed by atoms with Crippen LogP contribution in [0.5, 0.6) is 5.75 Å². The van der Waals surface area contributed by atoms with E-state index in [2.05, 4.69) is 15.0 Å². The van der Waals surface area contributed by atoms with Crippen LogP contribution in [-0.2, 0) is 6.54 Å². The molecule has 4 rings (SSSR count). The molecule has 3 heterocycles. The Morgan fingerprint density at radius 2 is 2.04 bits per heavy atom. The lowest BCUT2D eigenvalue weighted by atomic mass is 10.2. The molecule has 0 saturated heterocycles. The summed E-state index contributed by atoms with van der Waals surface area (Å²) in [6.45, 7) is 0.595. The zero-order chi connectivity index (χ0) is 16.5. The van der Waals surface area contributed by atoms with E-state index in [0.29, 0.717) is 12.2 Å². The molecule has 0 atom stereocenters. The maximum absolute atomic E-state index is 6.15. The number of methoxy groups -OCH3 is 1. The Labute approximate surface area is 147 Å². The van der Waals surface area contributed by atoms with E-state index in [4.69, 9.17) is 16.3 Å². The fraction of sp³-hybridized carbons (Fsp3) is 0.118. The minimum Gasteiger partial charge on any atom is -0.496 e. The highest BCUT2D eigenvalue weighted by molar-refractivity contribution is 7.13. The highest BCUT2D eigenvalue weighted by atomic mass is 35.5. The highest BCUT2D eigenvalue weighted by Crippen LogP contribution is 2.30. The molecule has 0 aliphatic rings. The Bertz CT molecular complexity index is 997. The predicted molar refractivity (Wildman–Crippen MR) is 95.7 cm³/mol. The Kier molecular flexibility index (Phi) is 3.92. The van der Waals surface area contributed by atoms with Gasteiger partial charge in [-0.15, -0.1) is 11.3 Å². The number of para-hydroxylation sites is 1. The van der Waals surface area contributed by atoms with Gasteiger partial charge >= 0.3 is 0 Å². The Morgan fingerprint density at radius 1 is 1.17 bits per heavy atom. The molecule has 0 unspecified atom stereocenters. The van der Waals surface area contributed by atoms with Gasteiger partial charge in [-0.3, -0.25) is 0 Å². The average Bonchev–Trinajstić information content (AvgIpc) is 3.25. The molecular weight excluding hydrogens is 344 g/mol. The number of hydrogen-bond acceptors (Lipinski definition) is 5. The van der Waals surface area contributed by atoms with Gasteiger partial charge in [-0.05, 0) is 29.1 Å². The normalized spacial score (nSPS) is 11.1. The molecule has 7 heteroatoms. The van der Waals surface area contributed by atoms with E-state index in [0.717, 1.165) is 27.4 Å². The van der Waals surface area contributed by atoms with Crippen LogP contribution in [0.15, 0.2) is 48.1 Å². The van der Waals surface area contributed by atoms with E-state index in [1.807, 2.05) is 46.3 Å². The molecule has 24 heavy (non-hydrogen) atoms. The third-order valence-corrected chi connectivity index (χ3v) is 4.77. The van der Waals surface area contributed by atoms with Crippen LogP contribution in [0.25, 0.3) is 21.7 Å². The highest BCUT2D eigenvalue weighted by Gasteiger charge is 2.15. The lowest BCUT2D eigenvalue weighted by Gasteiger charge is -2.09. The molecule has 0 spiro atoms. The van der Waals surface area contributed by atoms with Gasteiger partial charge in [0.2, 0.25) is 5.28 Å². The van der Waals surface area contributed by atoms with Crippen molar-refractivity contribution in [2.75, 3.05) is 7.11 Å². The van der Waals surface area contributed by atoms with E-state index >= 15 is 0 Å². The molecule has 0 aliphatic heterocycles. The summed E-state index contributed by atoms with van der Waals surface area (Å²) in [5.74, 6) is 0.831. The first-order valence-electron chi connectivity index (χ1n) is 7.30. The minimum absolute atomic E-state index is 0.215. The molecule has 0 fully saturated rings. The van der Waals surface area contributed by atoms with E-state index in [-0.39, 0.29) is 5.28 Å². The number of nitrogens with zero attached hydrogens (tertiary/aromatic N) is 4. The number of aromatic nitrogens is 4. The summed E-state index contributed by atoms with van der Waals surface area (Å²) in [7, 11) is 1.67. The smallest absolute Gasteiger partial charge is 0.225 e. The minimum atomic E-state index is 0.215. The van der Waals surface area contributed by atoms with Gasteiger partial charge in [0, 0.05) is 5.56 Å². The summed E-state index contributed by atoms with van der Waals surface area (Å²) in [6, 6.07) is 11.9. The largest absolute Gasteiger partial charge is 0.496 e. The maximum Gasteiger partial charge on any atom is 0.225 e. The van der Waals surface area contributed by atoms with Crippen LogP contribution < -0.4 is 4.74 Å². The summed E-state index contributed by atoms with van der Waals surface area (Å²) >= 11 is 7.75. The second-order valence-electron chi connectivity index (χ2n) is 5.18. The zero-order valence-corrected chi connectivity index (χ0v) is 14.4. The number of imidazole rings is 1. The van der Waals surface area contributed by atoms with Gasteiger partial charge in [0.1, 0.15) is 17.0 Å². The first kappa shape index (κ1) is 15.1. The molecule has 0 saturated carbocycles. The molecule has 1 aromatic carbocycles. The SMILES string of the molecule is COc1ccccc1Cn1cnc2c(-c3cccs3)nc(Cl)nc21. The monoisotopic (exact) mass is 356 g/mol. The zero-order valence-electron chi connectivity index (χ0n) is 12.8. The number of fused-ring (bicyclic) bond motifs is 1. The Balaban J connectivity index is 1.83. The molecule has 0 aliphatic carbocycles. The molecular formula is C17H13ClN4OS. The van der Waals surface area contributed by atoms with Crippen molar-refractivity contribution in [3.8, 4) is 16.3 Å². The van der Waals surface area contributed by atoms with Crippen LogP contribution >= 0.6 is 22.9 Å². The van der Waals surface area contributed by atoms with Gasteiger partial charge in [-0.1, -0.05) is 24.3 Å². The van der Waals surface area contributed by atoms with Gasteiger partial charge in [-0.25, -0.2) is 9.97 Å². The van der Waals surface area contributed by atoms with Crippen molar-refractivity contribution in [2.24, 2.45) is 0 Å². The van der Waals surface area contributed by atoms with E-state index in [9.17, 15) is 0 Å². The summed E-state index contributed by atoms with van der Waals surface area (Å²) < 4.78 is 7.38. The molecule has 3 aromatic heterocycles. The number of halogens is 1. The number of ether oxygens (including phenoxy) is 1. The molecule has 0 amide bonds. The molecule has 0 N–H and O–H groups in total. The van der Waals surface area contributed by atoms with Gasteiger partial charge < -0.3 is 9.30 Å². The number of hydrogen-bond donors (Lipinski definition) is 0. The van der Waals surface area contributed by atoms with Gasteiger partial charge in [-0.2, -0.15) is 4.98 Å². The standard InChI is InChI=1S/C17H13ClN4OS/c1-23-12-6-3-2-5-11(12)9-22-10-19-15-14(13-7-4-8-24-13)20-17(18)21-16(15)22/h2-8,10H,9H2,1H3. The number of thiophene rings is 1. The molecule has 0 bridgehead atoms. The lowest BCUT2D eigenvalue weighted by Crippen LogP contribution is -2.02. The maximum atomic E-state index is 6.15. The second-order valence-corrected chi connectivity index (χ2v) is 6.46. The lowest BCUT2D eigenvalue weighted by molar-refractivity contribution is 0.408.